The van der Waals surface area contributed by atoms with Crippen LogP contribution in [0.3, 0.4) is 0 Å². The summed E-state index contributed by atoms with van der Waals surface area (Å²) in [7, 11) is 0. The first kappa shape index (κ1) is 31.5. The van der Waals surface area contributed by atoms with Gasteiger partial charge in [0.25, 0.3) is 5.91 Å². The molecule has 0 bridgehead atoms. The number of nitrogens with one attached hydrogen (secondary N) is 3. The molecule has 0 saturated heterocycles. The number of fused-ring (bicyclic) bond motifs is 1. The minimum atomic E-state index is -0.286. The van der Waals surface area contributed by atoms with E-state index in [1.165, 1.54) is 34.1 Å². The van der Waals surface area contributed by atoms with Crippen molar-refractivity contribution in [2.24, 2.45) is 0 Å². The lowest BCUT2D eigenvalue weighted by molar-refractivity contribution is -0.116. The molecule has 2 aromatic carbocycles. The maximum Gasteiger partial charge on any atom is 0.254 e. The fraction of sp³-hybridized carbons (Fsp3) is 0.281. The van der Waals surface area contributed by atoms with E-state index in [2.05, 4.69) is 26.1 Å². The predicted molar refractivity (Wildman–Crippen MR) is 176 cm³/mol. The molecule has 0 unspecified atom stereocenters. The Morgan fingerprint density at radius 2 is 1.77 bits per heavy atom. The number of thioether (sulfide) groups is 1. The summed E-state index contributed by atoms with van der Waals surface area (Å²) in [6.45, 7) is 3.12. The number of carbonyl (C=O) groups is 3. The van der Waals surface area contributed by atoms with Crippen molar-refractivity contribution in [1.82, 2.24) is 25.4 Å². The average molecular weight is 649 g/mol. The summed E-state index contributed by atoms with van der Waals surface area (Å²) in [6.07, 6.45) is 6.93. The van der Waals surface area contributed by atoms with Gasteiger partial charge in [0.2, 0.25) is 11.8 Å². The van der Waals surface area contributed by atoms with Crippen molar-refractivity contribution in [1.29, 1.82) is 0 Å². The van der Waals surface area contributed by atoms with E-state index in [1.807, 2.05) is 60.0 Å². The van der Waals surface area contributed by atoms with Crippen LogP contribution in [0.2, 0.25) is 5.02 Å². The van der Waals surface area contributed by atoms with Gasteiger partial charge in [-0.25, -0.2) is 0 Å². The Bertz CT molecular complexity index is 1670. The van der Waals surface area contributed by atoms with Gasteiger partial charge in [-0.2, -0.15) is 0 Å². The van der Waals surface area contributed by atoms with Crippen LogP contribution in [0.15, 0.2) is 65.8 Å². The molecule has 44 heavy (non-hydrogen) atoms. The SMILES string of the molecule is CCn1c(CNC(=O)/C=C/c2ccccc2Cl)nnc1SCC(=O)Nc1sc2c(c1C(=O)NCc1ccccc1)CCCC2. The first-order valence-electron chi connectivity index (χ1n) is 14.4. The number of hydrogen-bond donors (Lipinski definition) is 3. The Morgan fingerprint density at radius 3 is 2.57 bits per heavy atom. The van der Waals surface area contributed by atoms with Gasteiger partial charge < -0.3 is 20.5 Å². The molecule has 2 aromatic heterocycles. The number of halogens is 1. The molecule has 2 heterocycles. The van der Waals surface area contributed by atoms with E-state index in [-0.39, 0.29) is 30.0 Å². The summed E-state index contributed by atoms with van der Waals surface area (Å²) >= 11 is 8.90. The highest BCUT2D eigenvalue weighted by molar-refractivity contribution is 7.99. The second-order valence-electron chi connectivity index (χ2n) is 10.1. The van der Waals surface area contributed by atoms with Crippen LogP contribution in [0.5, 0.6) is 0 Å². The first-order chi connectivity index (χ1) is 21.4. The van der Waals surface area contributed by atoms with Crippen LogP contribution in [0.4, 0.5) is 5.00 Å². The molecule has 5 rings (SSSR count). The van der Waals surface area contributed by atoms with Gasteiger partial charge in [-0.15, -0.1) is 21.5 Å². The third kappa shape index (κ3) is 7.96. The van der Waals surface area contributed by atoms with Crippen LogP contribution in [-0.4, -0.2) is 38.2 Å². The molecule has 1 aliphatic carbocycles. The number of hydrogen-bond acceptors (Lipinski definition) is 7. The summed E-state index contributed by atoms with van der Waals surface area (Å²) in [5.41, 5.74) is 3.39. The Balaban J connectivity index is 1.19. The highest BCUT2D eigenvalue weighted by Gasteiger charge is 2.26. The molecule has 0 radical (unpaired) electrons. The molecule has 3 N–H and O–H groups in total. The smallest absolute Gasteiger partial charge is 0.254 e. The molecule has 0 spiro atoms. The maximum absolute atomic E-state index is 13.3. The van der Waals surface area contributed by atoms with Crippen molar-refractivity contribution < 1.29 is 14.4 Å². The van der Waals surface area contributed by atoms with Crippen LogP contribution < -0.4 is 16.0 Å². The summed E-state index contributed by atoms with van der Waals surface area (Å²) in [5.74, 6) is -0.00511. The van der Waals surface area contributed by atoms with Gasteiger partial charge in [0.05, 0.1) is 17.9 Å². The van der Waals surface area contributed by atoms with E-state index in [0.29, 0.717) is 39.7 Å². The van der Waals surface area contributed by atoms with Gasteiger partial charge >= 0.3 is 0 Å². The lowest BCUT2D eigenvalue weighted by Crippen LogP contribution is -2.25. The summed E-state index contributed by atoms with van der Waals surface area (Å²) in [4.78, 5) is 40.0. The summed E-state index contributed by atoms with van der Waals surface area (Å²) in [5, 5.41) is 19.1. The molecule has 3 amide bonds. The Morgan fingerprint density at radius 1 is 1.00 bits per heavy atom. The molecule has 0 saturated carbocycles. The lowest BCUT2D eigenvalue weighted by atomic mass is 9.95. The number of anilines is 1. The minimum absolute atomic E-state index is 0.0959. The topological polar surface area (TPSA) is 118 Å². The predicted octanol–water partition coefficient (Wildman–Crippen LogP) is 5.88. The number of rotatable bonds is 12. The summed E-state index contributed by atoms with van der Waals surface area (Å²) in [6, 6.07) is 17.0. The van der Waals surface area contributed by atoms with Crippen molar-refractivity contribution in [3.05, 3.63) is 98.7 Å². The fourth-order valence-electron chi connectivity index (χ4n) is 4.93. The molecule has 0 fully saturated rings. The average Bonchev–Trinajstić information content (AvgIpc) is 3.61. The van der Waals surface area contributed by atoms with Crippen LogP contribution in [0.1, 0.15) is 57.5 Å². The van der Waals surface area contributed by atoms with Crippen LogP contribution in [0.25, 0.3) is 6.08 Å². The molecule has 1 aliphatic rings. The van der Waals surface area contributed by atoms with E-state index >= 15 is 0 Å². The molecule has 4 aromatic rings. The quantitative estimate of drug-likeness (QED) is 0.130. The number of amides is 3. The molecular formula is C32H33ClN6O3S2. The van der Waals surface area contributed by atoms with Crippen LogP contribution in [0, 0.1) is 0 Å². The molecule has 0 aliphatic heterocycles. The van der Waals surface area contributed by atoms with Crippen molar-refractivity contribution >= 4 is 63.5 Å². The molecule has 228 valence electrons. The van der Waals surface area contributed by atoms with Crippen LogP contribution in [-0.2, 0) is 42.1 Å². The van der Waals surface area contributed by atoms with Gasteiger partial charge in [-0.05, 0) is 61.4 Å². The van der Waals surface area contributed by atoms with Crippen molar-refractivity contribution in [3.63, 3.8) is 0 Å². The van der Waals surface area contributed by atoms with E-state index in [1.54, 1.807) is 12.1 Å². The number of carbonyl (C=O) groups excluding carboxylic acids is 3. The molecular weight excluding hydrogens is 616 g/mol. The summed E-state index contributed by atoms with van der Waals surface area (Å²) < 4.78 is 1.86. The van der Waals surface area contributed by atoms with Gasteiger partial charge in [-0.3, -0.25) is 14.4 Å². The fourth-order valence-corrected chi connectivity index (χ4v) is 7.25. The Hall–Kier alpha value is -3.93. The molecule has 12 heteroatoms. The van der Waals surface area contributed by atoms with Gasteiger partial charge in [0, 0.05) is 29.1 Å². The monoisotopic (exact) mass is 648 g/mol. The van der Waals surface area contributed by atoms with Gasteiger partial charge in [-0.1, -0.05) is 71.9 Å². The van der Waals surface area contributed by atoms with Gasteiger partial charge in [0.15, 0.2) is 11.0 Å². The number of thiophene rings is 1. The minimum Gasteiger partial charge on any atom is -0.348 e. The third-order valence-electron chi connectivity index (χ3n) is 7.13. The zero-order chi connectivity index (χ0) is 30.9. The molecule has 0 atom stereocenters. The highest BCUT2D eigenvalue weighted by atomic mass is 35.5. The lowest BCUT2D eigenvalue weighted by Gasteiger charge is -2.13. The van der Waals surface area contributed by atoms with E-state index in [9.17, 15) is 14.4 Å². The normalized spacial score (nSPS) is 12.6. The standard InChI is InChI=1S/C32H33ClN6O3S2/c1-2-39-26(19-34-27(40)17-16-22-12-6-8-14-24(22)33)37-38-32(39)43-20-28(41)36-31-29(23-13-7-9-15-25(23)44-31)30(42)35-18-21-10-4-3-5-11-21/h3-6,8,10-12,14,16-17H,2,7,9,13,15,18-20H2,1H3,(H,34,40)(H,35,42)(H,36,41)/b17-16+. The highest BCUT2D eigenvalue weighted by Crippen LogP contribution is 2.38. The zero-order valence-electron chi connectivity index (χ0n) is 24.3. The Kier molecular flexibility index (Phi) is 10.9. The third-order valence-corrected chi connectivity index (χ3v) is 9.65. The maximum atomic E-state index is 13.3. The van der Waals surface area contributed by atoms with Crippen molar-refractivity contribution in [3.8, 4) is 0 Å². The van der Waals surface area contributed by atoms with Gasteiger partial charge in [0.1, 0.15) is 5.00 Å². The first-order valence-corrected chi connectivity index (χ1v) is 16.6. The Labute approximate surface area is 269 Å². The van der Waals surface area contributed by atoms with Crippen molar-refractivity contribution in [2.45, 2.75) is 57.4 Å². The second kappa shape index (κ2) is 15.2. The number of aromatic nitrogens is 3. The number of aryl methyl sites for hydroxylation is 1. The zero-order valence-corrected chi connectivity index (χ0v) is 26.7. The van der Waals surface area contributed by atoms with E-state index < -0.39 is 0 Å². The van der Waals surface area contributed by atoms with E-state index in [4.69, 9.17) is 11.6 Å². The molecule has 9 nitrogen and oxygen atoms in total. The second-order valence-corrected chi connectivity index (χ2v) is 12.6. The van der Waals surface area contributed by atoms with Crippen molar-refractivity contribution in [2.75, 3.05) is 11.1 Å². The number of nitrogens with zero attached hydrogens (tertiary/aromatic N) is 3. The largest absolute Gasteiger partial charge is 0.348 e. The van der Waals surface area contributed by atoms with E-state index in [0.717, 1.165) is 42.4 Å². The number of benzene rings is 2. The van der Waals surface area contributed by atoms with Crippen LogP contribution >= 0.6 is 34.7 Å².